The van der Waals surface area contributed by atoms with Gasteiger partial charge in [-0.25, -0.2) is 4.98 Å². The molecule has 0 N–H and O–H groups in total. The highest BCUT2D eigenvalue weighted by atomic mass is 32.1. The summed E-state index contributed by atoms with van der Waals surface area (Å²) in [7, 11) is 4.84. The van der Waals surface area contributed by atoms with Crippen molar-refractivity contribution in [1.82, 2.24) is 4.98 Å². The van der Waals surface area contributed by atoms with Crippen molar-refractivity contribution in [3.8, 4) is 17.2 Å². The van der Waals surface area contributed by atoms with Crippen molar-refractivity contribution in [2.45, 2.75) is 13.8 Å². The van der Waals surface area contributed by atoms with Gasteiger partial charge in [0.2, 0.25) is 5.75 Å². The average molecular weight is 355 g/mol. The maximum absolute atomic E-state index is 5.52. The molecule has 0 aliphatic heterocycles. The molecule has 0 aliphatic carbocycles. The van der Waals surface area contributed by atoms with E-state index in [-0.39, 0.29) is 0 Å². The summed E-state index contributed by atoms with van der Waals surface area (Å²) < 4.78 is 17.5. The van der Waals surface area contributed by atoms with Crippen LogP contribution in [-0.4, -0.2) is 26.3 Å². The summed E-state index contributed by atoms with van der Waals surface area (Å²) >= 11 is 1.68. The van der Waals surface area contributed by atoms with Gasteiger partial charge in [-0.3, -0.25) is 0 Å². The zero-order valence-electron chi connectivity index (χ0n) is 15.0. The first-order valence-electron chi connectivity index (χ1n) is 7.92. The largest absolute Gasteiger partial charge is 0.493 e. The molecule has 0 atom stereocenters. The Balaban J connectivity index is 1.99. The molecule has 0 bridgehead atoms. The minimum atomic E-state index is 0.586. The third-order valence-corrected chi connectivity index (χ3v) is 5.14. The fraction of sp³-hybridized carbons (Fsp3) is 0.250. The minimum Gasteiger partial charge on any atom is -0.493 e. The molecule has 0 radical (unpaired) electrons. The molecule has 0 fully saturated rings. The van der Waals surface area contributed by atoms with Gasteiger partial charge in [0, 0.05) is 5.56 Å². The third-order valence-electron chi connectivity index (χ3n) is 4.16. The van der Waals surface area contributed by atoms with E-state index in [2.05, 4.69) is 26.0 Å². The first-order chi connectivity index (χ1) is 12.1. The summed E-state index contributed by atoms with van der Waals surface area (Å²) in [6.07, 6.45) is 3.98. The Morgan fingerprint density at radius 3 is 2.28 bits per heavy atom. The lowest BCUT2D eigenvalue weighted by Crippen LogP contribution is -1.96. The lowest BCUT2D eigenvalue weighted by atomic mass is 10.1. The SMILES string of the molecule is COc1ccc(/C=C/c2nc3cc(C)c(C)cc3s2)c(OC)c1OC. The van der Waals surface area contributed by atoms with Gasteiger partial charge in [-0.15, -0.1) is 11.3 Å². The highest BCUT2D eigenvalue weighted by Gasteiger charge is 2.14. The topological polar surface area (TPSA) is 40.6 Å². The molecule has 3 aromatic rings. The summed E-state index contributed by atoms with van der Waals surface area (Å²) in [4.78, 5) is 4.70. The first-order valence-corrected chi connectivity index (χ1v) is 8.74. The van der Waals surface area contributed by atoms with Gasteiger partial charge in [-0.2, -0.15) is 0 Å². The maximum atomic E-state index is 5.52. The number of hydrogen-bond acceptors (Lipinski definition) is 5. The van der Waals surface area contributed by atoms with Crippen LogP contribution in [0.25, 0.3) is 22.4 Å². The van der Waals surface area contributed by atoms with E-state index in [4.69, 9.17) is 19.2 Å². The first kappa shape index (κ1) is 17.3. The van der Waals surface area contributed by atoms with Gasteiger partial charge >= 0.3 is 0 Å². The number of aromatic nitrogens is 1. The van der Waals surface area contributed by atoms with Gasteiger partial charge in [0.15, 0.2) is 11.5 Å². The molecule has 130 valence electrons. The van der Waals surface area contributed by atoms with Crippen LogP contribution in [0.1, 0.15) is 21.7 Å². The zero-order valence-corrected chi connectivity index (χ0v) is 15.9. The van der Waals surface area contributed by atoms with Gasteiger partial charge in [0.25, 0.3) is 0 Å². The predicted molar refractivity (Wildman–Crippen MR) is 104 cm³/mol. The number of fused-ring (bicyclic) bond motifs is 1. The number of ether oxygens (including phenoxy) is 3. The van der Waals surface area contributed by atoms with Gasteiger partial charge < -0.3 is 14.2 Å². The van der Waals surface area contributed by atoms with Crippen molar-refractivity contribution in [3.63, 3.8) is 0 Å². The summed E-state index contributed by atoms with van der Waals surface area (Å²) in [5.74, 6) is 1.87. The molecular weight excluding hydrogens is 334 g/mol. The average Bonchev–Trinajstić information content (AvgIpc) is 3.00. The van der Waals surface area contributed by atoms with Gasteiger partial charge in [-0.05, 0) is 61.4 Å². The Morgan fingerprint density at radius 1 is 0.880 bits per heavy atom. The lowest BCUT2D eigenvalue weighted by molar-refractivity contribution is 0.324. The normalized spacial score (nSPS) is 11.2. The van der Waals surface area contributed by atoms with E-state index in [1.807, 2.05) is 24.3 Å². The van der Waals surface area contributed by atoms with Crippen LogP contribution >= 0.6 is 11.3 Å². The number of thiazole rings is 1. The fourth-order valence-corrected chi connectivity index (χ4v) is 3.64. The van der Waals surface area contributed by atoms with Crippen LogP contribution < -0.4 is 14.2 Å². The predicted octanol–water partition coefficient (Wildman–Crippen LogP) is 5.11. The van der Waals surface area contributed by atoms with E-state index in [9.17, 15) is 0 Å². The van der Waals surface area contributed by atoms with E-state index in [0.29, 0.717) is 17.2 Å². The number of hydrogen-bond donors (Lipinski definition) is 0. The number of aryl methyl sites for hydroxylation is 2. The second-order valence-electron chi connectivity index (χ2n) is 5.71. The maximum Gasteiger partial charge on any atom is 0.203 e. The zero-order chi connectivity index (χ0) is 18.0. The highest BCUT2D eigenvalue weighted by molar-refractivity contribution is 7.19. The summed E-state index contributed by atoms with van der Waals surface area (Å²) in [5.41, 5.74) is 4.49. The summed E-state index contributed by atoms with van der Waals surface area (Å²) in [6, 6.07) is 8.14. The second-order valence-corrected chi connectivity index (χ2v) is 6.78. The molecule has 2 aromatic carbocycles. The van der Waals surface area contributed by atoms with Crippen LogP contribution in [0.4, 0.5) is 0 Å². The van der Waals surface area contributed by atoms with Crippen LogP contribution in [0.2, 0.25) is 0 Å². The van der Waals surface area contributed by atoms with Crippen LogP contribution in [-0.2, 0) is 0 Å². The Labute approximate surface area is 151 Å². The summed E-state index contributed by atoms with van der Waals surface area (Å²) in [5, 5.41) is 0.955. The molecule has 0 aliphatic rings. The molecule has 0 amide bonds. The molecule has 0 spiro atoms. The Morgan fingerprint density at radius 2 is 1.60 bits per heavy atom. The minimum absolute atomic E-state index is 0.586. The smallest absolute Gasteiger partial charge is 0.203 e. The lowest BCUT2D eigenvalue weighted by Gasteiger charge is -2.13. The molecule has 4 nitrogen and oxygen atoms in total. The monoisotopic (exact) mass is 355 g/mol. The molecular formula is C20H21NO3S. The second kappa shape index (κ2) is 7.15. The van der Waals surface area contributed by atoms with Crippen molar-refractivity contribution in [3.05, 3.63) is 46.0 Å². The molecule has 0 unspecified atom stereocenters. The third kappa shape index (κ3) is 3.33. The van der Waals surface area contributed by atoms with E-state index < -0.39 is 0 Å². The molecule has 1 heterocycles. The van der Waals surface area contributed by atoms with Crippen molar-refractivity contribution >= 4 is 33.7 Å². The number of benzene rings is 2. The molecule has 1 aromatic heterocycles. The molecule has 5 heteroatoms. The Kier molecular flexibility index (Phi) is 4.95. The Hall–Kier alpha value is -2.53. The van der Waals surface area contributed by atoms with E-state index in [0.717, 1.165) is 16.1 Å². The number of rotatable bonds is 5. The molecule has 25 heavy (non-hydrogen) atoms. The number of methoxy groups -OCH3 is 3. The van der Waals surface area contributed by atoms with Crippen molar-refractivity contribution < 1.29 is 14.2 Å². The Bertz CT molecular complexity index is 905. The van der Waals surface area contributed by atoms with Gasteiger partial charge in [0.05, 0.1) is 31.5 Å². The van der Waals surface area contributed by atoms with E-state index in [1.165, 1.54) is 15.8 Å². The van der Waals surface area contributed by atoms with Crippen molar-refractivity contribution in [2.75, 3.05) is 21.3 Å². The molecule has 0 saturated heterocycles. The fourth-order valence-electron chi connectivity index (χ4n) is 2.69. The molecule has 0 saturated carbocycles. The molecule has 3 rings (SSSR count). The van der Waals surface area contributed by atoms with Crippen LogP contribution in [0, 0.1) is 13.8 Å². The quantitative estimate of drug-likeness (QED) is 0.638. The van der Waals surface area contributed by atoms with Crippen molar-refractivity contribution in [1.29, 1.82) is 0 Å². The van der Waals surface area contributed by atoms with Crippen molar-refractivity contribution in [2.24, 2.45) is 0 Å². The highest BCUT2D eigenvalue weighted by Crippen LogP contribution is 2.40. The standard InChI is InChI=1S/C20H21NO3S/c1-12-10-15-17(11-13(12)2)25-18(21-15)9-7-14-6-8-16(22-3)20(24-5)19(14)23-4/h6-11H,1-5H3/b9-7+. The van der Waals surface area contributed by atoms with E-state index >= 15 is 0 Å². The van der Waals surface area contributed by atoms with Crippen LogP contribution in [0.3, 0.4) is 0 Å². The van der Waals surface area contributed by atoms with Crippen LogP contribution in [0.5, 0.6) is 17.2 Å². The van der Waals surface area contributed by atoms with E-state index in [1.54, 1.807) is 32.7 Å². The number of nitrogens with zero attached hydrogens (tertiary/aromatic N) is 1. The van der Waals surface area contributed by atoms with Crippen LogP contribution in [0.15, 0.2) is 24.3 Å². The summed E-state index contributed by atoms with van der Waals surface area (Å²) in [6.45, 7) is 4.23. The van der Waals surface area contributed by atoms with Gasteiger partial charge in [-0.1, -0.05) is 0 Å². The van der Waals surface area contributed by atoms with Gasteiger partial charge in [0.1, 0.15) is 5.01 Å².